The number of carbonyl (C=O) groups is 2. The van der Waals surface area contributed by atoms with Crippen molar-refractivity contribution in [3.8, 4) is 0 Å². The third-order valence-electron chi connectivity index (χ3n) is 6.77. The van der Waals surface area contributed by atoms with Gasteiger partial charge in [-0.05, 0) is 72.7 Å². The van der Waals surface area contributed by atoms with Crippen molar-refractivity contribution in [2.45, 2.75) is 96.9 Å². The van der Waals surface area contributed by atoms with Gasteiger partial charge in [0.25, 0.3) is 0 Å². The van der Waals surface area contributed by atoms with Crippen molar-refractivity contribution in [2.24, 2.45) is 11.0 Å². The molecule has 0 saturated carbocycles. The second-order valence-electron chi connectivity index (χ2n) is 11.5. The van der Waals surface area contributed by atoms with Gasteiger partial charge in [-0.15, -0.1) is 0 Å². The van der Waals surface area contributed by atoms with Gasteiger partial charge in [0, 0.05) is 18.0 Å². The third-order valence-corrected chi connectivity index (χ3v) is 6.77. The Hall–Kier alpha value is -2.50. The van der Waals surface area contributed by atoms with Gasteiger partial charge in [-0.2, -0.15) is 0 Å². The molecule has 3 N–H and O–H groups in total. The molecule has 2 amide bonds. The lowest BCUT2D eigenvalue weighted by Gasteiger charge is -2.32. The Balaban J connectivity index is 1.88. The summed E-state index contributed by atoms with van der Waals surface area (Å²) in [6.45, 7) is 15.5. The molecule has 0 radical (unpaired) electrons. The van der Waals surface area contributed by atoms with Crippen LogP contribution in [0, 0.1) is 11.3 Å². The van der Waals surface area contributed by atoms with E-state index >= 15 is 0 Å². The van der Waals surface area contributed by atoms with Gasteiger partial charge in [0.1, 0.15) is 12.1 Å². The predicted molar refractivity (Wildman–Crippen MR) is 133 cm³/mol. The van der Waals surface area contributed by atoms with Crippen molar-refractivity contribution in [1.29, 1.82) is 5.41 Å². The molecule has 2 aliphatic rings. The van der Waals surface area contributed by atoms with Gasteiger partial charge in [-0.1, -0.05) is 18.5 Å². The fourth-order valence-electron chi connectivity index (χ4n) is 4.17. The zero-order chi connectivity index (χ0) is 26.7. The summed E-state index contributed by atoms with van der Waals surface area (Å²) < 4.78 is 17.2. The van der Waals surface area contributed by atoms with Gasteiger partial charge < -0.3 is 24.3 Å². The maximum atomic E-state index is 12.2. The summed E-state index contributed by atoms with van der Waals surface area (Å²) in [4.78, 5) is 28.7. The van der Waals surface area contributed by atoms with Crippen molar-refractivity contribution in [1.82, 2.24) is 15.5 Å². The molecule has 13 heteroatoms. The molecule has 0 aromatic carbocycles. The topological polar surface area (TPSA) is 162 Å². The van der Waals surface area contributed by atoms with Crippen LogP contribution < -0.4 is 10.6 Å². The second kappa shape index (κ2) is 10.6. The Morgan fingerprint density at radius 1 is 1.23 bits per heavy atom. The van der Waals surface area contributed by atoms with E-state index in [-0.39, 0.29) is 36.7 Å². The maximum absolute atomic E-state index is 12.2. The van der Waals surface area contributed by atoms with Gasteiger partial charge in [-0.3, -0.25) is 15.5 Å². The molecule has 0 spiro atoms. The van der Waals surface area contributed by atoms with Gasteiger partial charge in [0.2, 0.25) is 5.91 Å². The molecule has 0 aromatic heterocycles. The summed E-state index contributed by atoms with van der Waals surface area (Å²) >= 11 is 0. The number of ether oxygens (including phenoxy) is 1. The van der Waals surface area contributed by atoms with E-state index in [2.05, 4.69) is 20.7 Å². The smallest absolute Gasteiger partial charge is 0.444 e. The zero-order valence-corrected chi connectivity index (χ0v) is 22.2. The monoisotopic (exact) mass is 493 g/mol. The van der Waals surface area contributed by atoms with Gasteiger partial charge in [-0.25, -0.2) is 4.79 Å². The minimum absolute atomic E-state index is 0.0158. The van der Waals surface area contributed by atoms with Crippen LogP contribution in [0.15, 0.2) is 5.11 Å². The van der Waals surface area contributed by atoms with E-state index in [1.165, 1.54) is 0 Å². The van der Waals surface area contributed by atoms with Crippen LogP contribution >= 0.6 is 0 Å². The van der Waals surface area contributed by atoms with E-state index < -0.39 is 23.1 Å². The Kier molecular flexibility index (Phi) is 8.73. The Bertz CT molecular complexity index is 853. The normalized spacial score (nSPS) is 25.1. The Morgan fingerprint density at radius 3 is 2.37 bits per heavy atom. The molecule has 2 rings (SSSR count). The molecule has 2 aliphatic heterocycles. The molecule has 2 heterocycles. The number of amides is 2. The van der Waals surface area contributed by atoms with Crippen molar-refractivity contribution in [3.63, 3.8) is 0 Å². The quantitative estimate of drug-likeness (QED) is 0.123. The van der Waals surface area contributed by atoms with Crippen LogP contribution in [0.5, 0.6) is 0 Å². The number of nitrogens with zero attached hydrogens (tertiary/aromatic N) is 4. The first kappa shape index (κ1) is 28.7. The molecule has 0 aromatic rings. The number of hydrogen-bond acceptors (Lipinski definition) is 7. The zero-order valence-electron chi connectivity index (χ0n) is 22.2. The summed E-state index contributed by atoms with van der Waals surface area (Å²) in [5, 5.41) is 17.2. The van der Waals surface area contributed by atoms with Crippen LogP contribution in [-0.4, -0.2) is 72.0 Å². The minimum atomic E-state index is -0.726. The number of carbonyl (C=O) groups excluding carboxylic acids is 2. The van der Waals surface area contributed by atoms with E-state index in [4.69, 9.17) is 25.0 Å². The lowest BCUT2D eigenvalue weighted by atomic mass is 9.78. The highest BCUT2D eigenvalue weighted by molar-refractivity contribution is 6.45. The van der Waals surface area contributed by atoms with Gasteiger partial charge in [0.05, 0.1) is 16.7 Å². The number of alkyl carbamates (subject to hydrolysis) is 1. The van der Waals surface area contributed by atoms with Crippen molar-refractivity contribution >= 4 is 25.1 Å². The fourth-order valence-corrected chi connectivity index (χ4v) is 4.17. The Labute approximate surface area is 208 Å². The standard InChI is InChI=1S/C22H40BN7O5/c1-19(2,3)33-18(32)26-12-16(31)27-17(24)30-13-15(22(8,14-30)28-29-25)10-9-11-23-34-20(4,5)21(6,7)35-23/h15H,9-14H2,1-8H3,(H,26,32)(H2,24,27,31)/t15-,22?/m0/s1. The Morgan fingerprint density at radius 2 is 1.83 bits per heavy atom. The van der Waals surface area contributed by atoms with Crippen molar-refractivity contribution < 1.29 is 23.6 Å². The fraction of sp³-hybridized carbons (Fsp3) is 0.864. The molecule has 2 saturated heterocycles. The molecular weight excluding hydrogens is 453 g/mol. The summed E-state index contributed by atoms with van der Waals surface area (Å²) in [7, 11) is -0.293. The summed E-state index contributed by atoms with van der Waals surface area (Å²) in [5.74, 6) is -0.665. The highest BCUT2D eigenvalue weighted by atomic mass is 16.7. The minimum Gasteiger partial charge on any atom is -0.444 e. The molecule has 12 nitrogen and oxygen atoms in total. The molecule has 196 valence electrons. The first-order chi connectivity index (χ1) is 16.0. The largest absolute Gasteiger partial charge is 0.457 e. The number of nitrogens with one attached hydrogen (secondary N) is 3. The van der Waals surface area contributed by atoms with Gasteiger partial charge in [0.15, 0.2) is 5.96 Å². The lowest BCUT2D eigenvalue weighted by molar-refractivity contribution is -0.119. The first-order valence-corrected chi connectivity index (χ1v) is 12.0. The highest BCUT2D eigenvalue weighted by Gasteiger charge is 2.51. The van der Waals surface area contributed by atoms with Crippen molar-refractivity contribution in [3.05, 3.63) is 10.4 Å². The number of guanidine groups is 1. The number of hydrogen-bond donors (Lipinski definition) is 3. The van der Waals surface area contributed by atoms with E-state index in [9.17, 15) is 9.59 Å². The predicted octanol–water partition coefficient (Wildman–Crippen LogP) is 3.44. The van der Waals surface area contributed by atoms with Crippen LogP contribution in [0.2, 0.25) is 6.32 Å². The van der Waals surface area contributed by atoms with Gasteiger partial charge >= 0.3 is 13.2 Å². The average Bonchev–Trinajstić information content (AvgIpc) is 3.11. The van der Waals surface area contributed by atoms with Crippen LogP contribution in [0.25, 0.3) is 10.4 Å². The number of azide groups is 1. The van der Waals surface area contributed by atoms with Crippen molar-refractivity contribution in [2.75, 3.05) is 19.6 Å². The number of likely N-dealkylation sites (tertiary alicyclic amines) is 1. The maximum Gasteiger partial charge on any atom is 0.457 e. The second-order valence-corrected chi connectivity index (χ2v) is 11.5. The average molecular weight is 493 g/mol. The molecule has 1 unspecified atom stereocenters. The SMILES string of the molecule is CC(C)(C)OC(=O)NCC(=O)NC(=N)N1C[C@H](CCCB2OC(C)(C)C(C)(C)O2)C(C)(N=[N+]=[N-])C1. The summed E-state index contributed by atoms with van der Waals surface area (Å²) in [6.07, 6.45) is 1.54. The molecule has 35 heavy (non-hydrogen) atoms. The van der Waals surface area contributed by atoms with Crippen LogP contribution in [0.3, 0.4) is 0 Å². The first-order valence-electron chi connectivity index (χ1n) is 12.0. The lowest BCUT2D eigenvalue weighted by Crippen LogP contribution is -2.47. The van der Waals surface area contributed by atoms with Crippen LogP contribution in [-0.2, 0) is 18.8 Å². The van der Waals surface area contributed by atoms with E-state index in [0.29, 0.717) is 19.4 Å². The van der Waals surface area contributed by atoms with Crippen LogP contribution in [0.1, 0.15) is 68.2 Å². The van der Waals surface area contributed by atoms with Crippen LogP contribution in [0.4, 0.5) is 4.79 Å². The number of rotatable bonds is 7. The molecule has 2 fully saturated rings. The molecular formula is C22H40BN7O5. The third kappa shape index (κ3) is 7.75. The molecule has 2 atom stereocenters. The molecule has 0 bridgehead atoms. The highest BCUT2D eigenvalue weighted by Crippen LogP contribution is 2.39. The van der Waals surface area contributed by atoms with E-state index in [1.807, 2.05) is 34.6 Å². The summed E-state index contributed by atoms with van der Waals surface area (Å²) in [5.41, 5.74) is 6.96. The van der Waals surface area contributed by atoms with E-state index in [0.717, 1.165) is 12.8 Å². The molecule has 0 aliphatic carbocycles. The summed E-state index contributed by atoms with van der Waals surface area (Å²) in [6, 6.07) is 0. The van der Waals surface area contributed by atoms with E-state index in [1.54, 1.807) is 25.7 Å².